The molecule has 0 radical (unpaired) electrons. The molecule has 2 rings (SSSR count). The van der Waals surface area contributed by atoms with E-state index in [1.54, 1.807) is 36.4 Å². The Kier molecular flexibility index (Phi) is 6.29. The van der Waals surface area contributed by atoms with Crippen molar-refractivity contribution >= 4 is 5.78 Å². The number of phenolic OH excluding ortho intramolecular Hbond substituents is 1. The number of carbonyl (C=O) groups excluding carboxylic acids is 1. The molecule has 0 aliphatic carbocycles. The lowest BCUT2D eigenvalue weighted by molar-refractivity contribution is 0.0471. The van der Waals surface area contributed by atoms with Crippen molar-refractivity contribution in [3.8, 4) is 5.75 Å². The fraction of sp³-hybridized carbons (Fsp3) is 0.250. The third-order valence-electron chi connectivity index (χ3n) is 3.47. The van der Waals surface area contributed by atoms with Gasteiger partial charge in [-0.1, -0.05) is 48.6 Å². The van der Waals surface area contributed by atoms with Crippen LogP contribution in [0.15, 0.2) is 60.7 Å². The van der Waals surface area contributed by atoms with Crippen molar-refractivity contribution in [2.24, 2.45) is 0 Å². The molecule has 0 saturated heterocycles. The van der Waals surface area contributed by atoms with Crippen molar-refractivity contribution in [2.45, 2.75) is 19.4 Å². The molecule has 0 aromatic heterocycles. The van der Waals surface area contributed by atoms with Gasteiger partial charge in [-0.2, -0.15) is 0 Å². The normalized spacial score (nSPS) is 11.9. The summed E-state index contributed by atoms with van der Waals surface area (Å²) < 4.78 is 5.31. The van der Waals surface area contributed by atoms with Gasteiger partial charge in [-0.05, 0) is 24.6 Å². The average Bonchev–Trinajstić information content (AvgIpc) is 2.55. The second kappa shape index (κ2) is 8.43. The van der Waals surface area contributed by atoms with E-state index in [1.165, 1.54) is 6.07 Å². The van der Waals surface area contributed by atoms with Crippen LogP contribution in [0.3, 0.4) is 0 Å². The summed E-state index contributed by atoms with van der Waals surface area (Å²) in [6.07, 6.45) is -0.344. The second-order valence-electron chi connectivity index (χ2n) is 5.88. The van der Waals surface area contributed by atoms with Crippen LogP contribution in [-0.4, -0.2) is 35.3 Å². The number of aliphatic hydroxyl groups excluding tert-OH is 1. The summed E-state index contributed by atoms with van der Waals surface area (Å²) in [7, 11) is 0. The number of hydrogen-bond donors (Lipinski definition) is 2. The monoisotopic (exact) mass is 326 g/mol. The van der Waals surface area contributed by atoms with Crippen LogP contribution >= 0.6 is 0 Å². The van der Waals surface area contributed by atoms with E-state index in [0.29, 0.717) is 18.6 Å². The summed E-state index contributed by atoms with van der Waals surface area (Å²) in [5.41, 5.74) is 2.40. The molecule has 2 aromatic rings. The van der Waals surface area contributed by atoms with Gasteiger partial charge in [0.25, 0.3) is 0 Å². The number of benzene rings is 2. The van der Waals surface area contributed by atoms with E-state index < -0.39 is 6.10 Å². The third kappa shape index (κ3) is 5.05. The highest BCUT2D eigenvalue weighted by Gasteiger charge is 2.15. The molecule has 0 amide bonds. The molecule has 1 atom stereocenters. The molecular weight excluding hydrogens is 304 g/mol. The standard InChI is InChI=1S/C20H22O4/c1-14(2)12-24-13-17(21)10-15-8-9-18(19(22)11-15)20(23)16-6-4-3-5-7-16/h3-9,11,17,21-22H,1,10,12-13H2,2H3. The van der Waals surface area contributed by atoms with E-state index in [4.69, 9.17) is 4.74 Å². The highest BCUT2D eigenvalue weighted by Crippen LogP contribution is 2.23. The van der Waals surface area contributed by atoms with Crippen molar-refractivity contribution in [2.75, 3.05) is 13.2 Å². The van der Waals surface area contributed by atoms with Gasteiger partial charge < -0.3 is 14.9 Å². The number of carbonyl (C=O) groups is 1. The number of phenols is 1. The van der Waals surface area contributed by atoms with Crippen LogP contribution in [0.5, 0.6) is 5.75 Å². The van der Waals surface area contributed by atoms with Gasteiger partial charge in [-0.15, -0.1) is 0 Å². The van der Waals surface area contributed by atoms with Crippen LogP contribution < -0.4 is 0 Å². The summed E-state index contributed by atoms with van der Waals surface area (Å²) in [5.74, 6) is -0.318. The van der Waals surface area contributed by atoms with Crippen LogP contribution in [0.4, 0.5) is 0 Å². The third-order valence-corrected chi connectivity index (χ3v) is 3.47. The maximum Gasteiger partial charge on any atom is 0.196 e. The zero-order valence-electron chi connectivity index (χ0n) is 13.7. The first-order valence-electron chi connectivity index (χ1n) is 7.79. The molecule has 0 spiro atoms. The number of aliphatic hydroxyl groups is 1. The molecule has 126 valence electrons. The minimum absolute atomic E-state index is 0.0867. The minimum atomic E-state index is -0.681. The summed E-state index contributed by atoms with van der Waals surface area (Å²) >= 11 is 0. The molecule has 0 bridgehead atoms. The van der Waals surface area contributed by atoms with Gasteiger partial charge in [0.2, 0.25) is 0 Å². The minimum Gasteiger partial charge on any atom is -0.507 e. The molecule has 4 nitrogen and oxygen atoms in total. The molecule has 2 aromatic carbocycles. The van der Waals surface area contributed by atoms with Crippen molar-refractivity contribution in [3.05, 3.63) is 77.4 Å². The molecule has 0 saturated carbocycles. The van der Waals surface area contributed by atoms with Crippen LogP contribution in [0.2, 0.25) is 0 Å². The summed E-state index contributed by atoms with van der Waals surface area (Å²) in [5, 5.41) is 20.1. The first kappa shape index (κ1) is 17.9. The van der Waals surface area contributed by atoms with E-state index in [1.807, 2.05) is 13.0 Å². The van der Waals surface area contributed by atoms with E-state index in [-0.39, 0.29) is 23.7 Å². The van der Waals surface area contributed by atoms with Crippen molar-refractivity contribution < 1.29 is 19.7 Å². The summed E-state index contributed by atoms with van der Waals surface area (Å²) in [4.78, 5) is 12.4. The molecular formula is C20H22O4. The van der Waals surface area contributed by atoms with Gasteiger partial charge in [0.15, 0.2) is 5.78 Å². The Labute approximate surface area is 142 Å². The second-order valence-corrected chi connectivity index (χ2v) is 5.88. The topological polar surface area (TPSA) is 66.8 Å². The molecule has 0 heterocycles. The van der Waals surface area contributed by atoms with Gasteiger partial charge >= 0.3 is 0 Å². The first-order chi connectivity index (χ1) is 11.5. The Morgan fingerprint density at radius 2 is 1.92 bits per heavy atom. The summed E-state index contributed by atoms with van der Waals surface area (Å²) in [6.45, 7) is 6.18. The van der Waals surface area contributed by atoms with Crippen LogP contribution in [-0.2, 0) is 11.2 Å². The van der Waals surface area contributed by atoms with Crippen LogP contribution in [0, 0.1) is 0 Å². The molecule has 4 heteroatoms. The Bertz CT molecular complexity index is 707. The molecule has 24 heavy (non-hydrogen) atoms. The van der Waals surface area contributed by atoms with Gasteiger partial charge in [0.05, 0.1) is 24.9 Å². The van der Waals surface area contributed by atoms with Gasteiger partial charge in [0, 0.05) is 12.0 Å². The van der Waals surface area contributed by atoms with E-state index >= 15 is 0 Å². The first-order valence-corrected chi connectivity index (χ1v) is 7.79. The lowest BCUT2D eigenvalue weighted by Crippen LogP contribution is -2.18. The number of rotatable bonds is 8. The highest BCUT2D eigenvalue weighted by molar-refractivity contribution is 6.10. The quantitative estimate of drug-likeness (QED) is 0.578. The number of ketones is 1. The lowest BCUT2D eigenvalue weighted by atomic mass is 9.99. The lowest BCUT2D eigenvalue weighted by Gasteiger charge is -2.12. The van der Waals surface area contributed by atoms with Gasteiger partial charge in [-0.3, -0.25) is 4.79 Å². The fourth-order valence-electron chi connectivity index (χ4n) is 2.34. The van der Waals surface area contributed by atoms with Gasteiger partial charge in [-0.25, -0.2) is 0 Å². The average molecular weight is 326 g/mol. The Morgan fingerprint density at radius 1 is 1.21 bits per heavy atom. The molecule has 0 fully saturated rings. The van der Waals surface area contributed by atoms with Crippen molar-refractivity contribution in [1.29, 1.82) is 0 Å². The number of hydrogen-bond acceptors (Lipinski definition) is 4. The van der Waals surface area contributed by atoms with Gasteiger partial charge in [0.1, 0.15) is 5.75 Å². The molecule has 0 aliphatic heterocycles. The zero-order valence-corrected chi connectivity index (χ0v) is 13.7. The van der Waals surface area contributed by atoms with Crippen LogP contribution in [0.1, 0.15) is 28.4 Å². The molecule has 2 N–H and O–H groups in total. The Balaban J connectivity index is 2.02. The Morgan fingerprint density at radius 3 is 2.54 bits per heavy atom. The van der Waals surface area contributed by atoms with E-state index in [2.05, 4.69) is 6.58 Å². The van der Waals surface area contributed by atoms with Crippen molar-refractivity contribution in [1.82, 2.24) is 0 Å². The fourth-order valence-corrected chi connectivity index (χ4v) is 2.34. The molecule has 1 unspecified atom stereocenters. The Hall–Kier alpha value is -2.43. The van der Waals surface area contributed by atoms with Crippen molar-refractivity contribution in [3.63, 3.8) is 0 Å². The smallest absolute Gasteiger partial charge is 0.196 e. The maximum absolute atomic E-state index is 12.4. The zero-order chi connectivity index (χ0) is 17.5. The largest absolute Gasteiger partial charge is 0.507 e. The van der Waals surface area contributed by atoms with E-state index in [9.17, 15) is 15.0 Å². The number of ether oxygens (including phenoxy) is 1. The predicted molar refractivity (Wildman–Crippen MR) is 93.3 cm³/mol. The summed E-state index contributed by atoms with van der Waals surface area (Å²) in [6, 6.07) is 13.6. The van der Waals surface area contributed by atoms with Crippen LogP contribution in [0.25, 0.3) is 0 Å². The highest BCUT2D eigenvalue weighted by atomic mass is 16.5. The van der Waals surface area contributed by atoms with E-state index in [0.717, 1.165) is 11.1 Å². The molecule has 0 aliphatic rings. The number of aromatic hydroxyl groups is 1. The predicted octanol–water partition coefficient (Wildman–Crippen LogP) is 3.12. The maximum atomic E-state index is 12.4. The SMILES string of the molecule is C=C(C)COCC(O)Cc1ccc(C(=O)c2ccccc2)c(O)c1.